The number of aliphatic hydroxyl groups is 1. The number of methoxy groups -OCH3 is 1. The third-order valence-electron chi connectivity index (χ3n) is 3.88. The smallest absolute Gasteiger partial charge is 0.298 e. The van der Waals surface area contributed by atoms with Crippen LogP contribution in [0.2, 0.25) is 0 Å². The number of nitrogens with zero attached hydrogens (tertiary/aromatic N) is 1. The molecule has 2 aromatic carbocycles. The molecule has 4 nitrogen and oxygen atoms in total. The summed E-state index contributed by atoms with van der Waals surface area (Å²) in [4.78, 5) is 13.8. The predicted octanol–water partition coefficient (Wildman–Crippen LogP) is 2.87. The first-order valence-corrected chi connectivity index (χ1v) is 8.61. The lowest BCUT2D eigenvalue weighted by molar-refractivity contribution is -0.126. The maximum absolute atomic E-state index is 12.3. The zero-order valence-electron chi connectivity index (χ0n) is 14.2. The molecular weight excluding hydrogens is 382 g/mol. The second-order valence-corrected chi connectivity index (χ2v) is 6.38. The first kappa shape index (κ1) is 19.0. The summed E-state index contributed by atoms with van der Waals surface area (Å²) < 4.78 is 6.06. The molecule has 1 unspecified atom stereocenters. The van der Waals surface area contributed by atoms with Gasteiger partial charge in [-0.25, -0.2) is 0 Å². The zero-order valence-corrected chi connectivity index (χ0v) is 15.8. The molecule has 1 amide bonds. The Morgan fingerprint density at radius 3 is 2.60 bits per heavy atom. The number of benzene rings is 2. The highest BCUT2D eigenvalue weighted by Gasteiger charge is 2.19. The average Bonchev–Trinajstić information content (AvgIpc) is 2.65. The number of ether oxygens (including phenoxy) is 1. The van der Waals surface area contributed by atoms with E-state index in [1.165, 1.54) is 4.90 Å². The number of rotatable bonds is 5. The number of aliphatic hydroxyl groups excluding tert-OH is 1. The maximum Gasteiger partial charge on any atom is 0.298 e. The van der Waals surface area contributed by atoms with Crippen molar-refractivity contribution in [1.29, 1.82) is 0 Å². The molecule has 0 saturated carbocycles. The Morgan fingerprint density at radius 1 is 1.28 bits per heavy atom. The highest BCUT2D eigenvalue weighted by Crippen LogP contribution is 2.24. The number of carbonyl (C=O) groups excluding carboxylic acids is 1. The number of halogens is 1. The third kappa shape index (κ3) is 5.35. The molecule has 0 aliphatic heterocycles. The van der Waals surface area contributed by atoms with E-state index in [-0.39, 0.29) is 18.6 Å². The number of amides is 1. The van der Waals surface area contributed by atoms with Crippen molar-refractivity contribution in [2.45, 2.75) is 12.5 Å². The van der Waals surface area contributed by atoms with Crippen molar-refractivity contribution in [3.63, 3.8) is 0 Å². The van der Waals surface area contributed by atoms with Gasteiger partial charge in [-0.3, -0.25) is 4.79 Å². The molecule has 0 saturated heterocycles. The van der Waals surface area contributed by atoms with Crippen LogP contribution in [0.1, 0.15) is 11.1 Å². The van der Waals surface area contributed by atoms with E-state index in [4.69, 9.17) is 4.74 Å². The molecular formula is C20H20BrNO3. The standard InChI is InChI=1S/C20H20BrNO3/c1-22(20(24)11-8-15-6-4-3-5-7-15)17(14-23)12-16-9-10-18(25-2)13-19(16)21/h3-7,9-10,13,17,23H,12,14H2,1-2H3. The topological polar surface area (TPSA) is 49.8 Å². The van der Waals surface area contributed by atoms with Gasteiger partial charge in [0.2, 0.25) is 0 Å². The fourth-order valence-corrected chi connectivity index (χ4v) is 2.82. The fourth-order valence-electron chi connectivity index (χ4n) is 2.30. The summed E-state index contributed by atoms with van der Waals surface area (Å²) in [6, 6.07) is 14.6. The van der Waals surface area contributed by atoms with Crippen LogP contribution in [-0.2, 0) is 11.2 Å². The third-order valence-corrected chi connectivity index (χ3v) is 4.62. The van der Waals surface area contributed by atoms with Gasteiger partial charge in [0, 0.05) is 23.0 Å². The van der Waals surface area contributed by atoms with Gasteiger partial charge in [-0.2, -0.15) is 0 Å². The Kier molecular flexibility index (Phi) is 7.05. The molecule has 0 aromatic heterocycles. The number of hydrogen-bond donors (Lipinski definition) is 1. The van der Waals surface area contributed by atoms with E-state index < -0.39 is 0 Å². The summed E-state index contributed by atoms with van der Waals surface area (Å²) in [5.41, 5.74) is 1.76. The van der Waals surface area contributed by atoms with E-state index in [0.717, 1.165) is 21.3 Å². The summed E-state index contributed by atoms with van der Waals surface area (Å²) in [5.74, 6) is 5.89. The molecule has 0 aliphatic carbocycles. The Labute approximate surface area is 156 Å². The van der Waals surface area contributed by atoms with Crippen molar-refractivity contribution >= 4 is 21.8 Å². The van der Waals surface area contributed by atoms with Gasteiger partial charge in [0.25, 0.3) is 5.91 Å². The van der Waals surface area contributed by atoms with Gasteiger partial charge in [0.05, 0.1) is 19.8 Å². The summed E-state index contributed by atoms with van der Waals surface area (Å²) in [6.07, 6.45) is 0.510. The second kappa shape index (κ2) is 9.26. The van der Waals surface area contributed by atoms with Gasteiger partial charge in [0.1, 0.15) is 5.75 Å². The minimum atomic E-state index is -0.359. The Balaban J connectivity index is 2.09. The molecule has 1 atom stereocenters. The van der Waals surface area contributed by atoms with Gasteiger partial charge >= 0.3 is 0 Å². The van der Waals surface area contributed by atoms with Crippen LogP contribution < -0.4 is 4.74 Å². The van der Waals surface area contributed by atoms with E-state index in [2.05, 4.69) is 27.8 Å². The molecule has 0 spiro atoms. The molecule has 1 N–H and O–H groups in total. The second-order valence-electron chi connectivity index (χ2n) is 5.53. The Morgan fingerprint density at radius 2 is 2.00 bits per heavy atom. The van der Waals surface area contributed by atoms with Crippen LogP contribution in [-0.4, -0.2) is 42.7 Å². The van der Waals surface area contributed by atoms with E-state index >= 15 is 0 Å². The first-order chi connectivity index (χ1) is 12.0. The van der Waals surface area contributed by atoms with Crippen LogP contribution in [0.25, 0.3) is 0 Å². The van der Waals surface area contributed by atoms with Crippen LogP contribution in [0.4, 0.5) is 0 Å². The summed E-state index contributed by atoms with van der Waals surface area (Å²) in [6.45, 7) is -0.145. The lowest BCUT2D eigenvalue weighted by atomic mass is 10.1. The van der Waals surface area contributed by atoms with Gasteiger partial charge in [-0.1, -0.05) is 46.1 Å². The molecule has 0 radical (unpaired) electrons. The van der Waals surface area contributed by atoms with Crippen molar-refractivity contribution in [2.75, 3.05) is 20.8 Å². The highest BCUT2D eigenvalue weighted by molar-refractivity contribution is 9.10. The lowest BCUT2D eigenvalue weighted by Crippen LogP contribution is -2.40. The number of likely N-dealkylation sites (N-methyl/N-ethyl adjacent to an activating group) is 1. The summed E-state index contributed by atoms with van der Waals surface area (Å²) >= 11 is 3.50. The quantitative estimate of drug-likeness (QED) is 0.783. The van der Waals surface area contributed by atoms with Crippen LogP contribution >= 0.6 is 15.9 Å². The molecule has 0 aliphatic rings. The van der Waals surface area contributed by atoms with E-state index in [1.54, 1.807) is 14.2 Å². The van der Waals surface area contributed by atoms with Crippen LogP contribution in [0.15, 0.2) is 53.0 Å². The molecule has 0 fully saturated rings. The maximum atomic E-state index is 12.3. The zero-order chi connectivity index (χ0) is 18.2. The van der Waals surface area contributed by atoms with Crippen LogP contribution in [0, 0.1) is 11.8 Å². The molecule has 25 heavy (non-hydrogen) atoms. The molecule has 2 aromatic rings. The normalized spacial score (nSPS) is 11.2. The van der Waals surface area contributed by atoms with Crippen molar-refractivity contribution in [3.05, 3.63) is 64.1 Å². The van der Waals surface area contributed by atoms with Crippen LogP contribution in [0.3, 0.4) is 0 Å². The Hall–Kier alpha value is -2.29. The first-order valence-electron chi connectivity index (χ1n) is 7.82. The van der Waals surface area contributed by atoms with Crippen molar-refractivity contribution in [1.82, 2.24) is 4.90 Å². The summed E-state index contributed by atoms with van der Waals surface area (Å²) in [5, 5.41) is 9.70. The van der Waals surface area contributed by atoms with Gasteiger partial charge in [-0.05, 0) is 36.2 Å². The van der Waals surface area contributed by atoms with Gasteiger partial charge in [-0.15, -0.1) is 0 Å². The summed E-state index contributed by atoms with van der Waals surface area (Å²) in [7, 11) is 3.26. The minimum Gasteiger partial charge on any atom is -0.497 e. The molecule has 0 heterocycles. The number of carbonyl (C=O) groups is 1. The molecule has 130 valence electrons. The molecule has 0 bridgehead atoms. The van der Waals surface area contributed by atoms with Gasteiger partial charge in [0.15, 0.2) is 0 Å². The molecule has 5 heteroatoms. The highest BCUT2D eigenvalue weighted by atomic mass is 79.9. The SMILES string of the molecule is COc1ccc(CC(CO)N(C)C(=O)C#Cc2ccccc2)c(Br)c1. The molecule has 2 rings (SSSR count). The van der Waals surface area contributed by atoms with Crippen molar-refractivity contribution in [3.8, 4) is 17.6 Å². The Bertz CT molecular complexity index is 781. The average molecular weight is 402 g/mol. The van der Waals surface area contributed by atoms with E-state index in [1.807, 2.05) is 48.5 Å². The monoisotopic (exact) mass is 401 g/mol. The van der Waals surface area contributed by atoms with Crippen molar-refractivity contribution in [2.24, 2.45) is 0 Å². The van der Waals surface area contributed by atoms with Crippen molar-refractivity contribution < 1.29 is 14.6 Å². The number of hydrogen-bond acceptors (Lipinski definition) is 3. The largest absolute Gasteiger partial charge is 0.497 e. The van der Waals surface area contributed by atoms with E-state index in [9.17, 15) is 9.90 Å². The van der Waals surface area contributed by atoms with Gasteiger partial charge < -0.3 is 14.7 Å². The van der Waals surface area contributed by atoms with Crippen LogP contribution in [0.5, 0.6) is 5.75 Å². The lowest BCUT2D eigenvalue weighted by Gasteiger charge is -2.25. The van der Waals surface area contributed by atoms with E-state index in [0.29, 0.717) is 6.42 Å². The minimum absolute atomic E-state index is 0.145. The predicted molar refractivity (Wildman–Crippen MR) is 101 cm³/mol. The fraction of sp³-hybridized carbons (Fsp3) is 0.250.